The first-order chi connectivity index (χ1) is 9.36. The number of nitrogens with zero attached hydrogens (tertiary/aromatic N) is 2. The molecule has 1 saturated carbocycles. The number of hydrogen-bond donors (Lipinski definition) is 1. The van der Waals surface area contributed by atoms with E-state index in [0.29, 0.717) is 17.4 Å². The quantitative estimate of drug-likeness (QED) is 0.844. The van der Waals surface area contributed by atoms with Gasteiger partial charge in [-0.05, 0) is 63.1 Å². The van der Waals surface area contributed by atoms with Crippen LogP contribution in [0.5, 0.6) is 0 Å². The predicted molar refractivity (Wildman–Crippen MR) is 86.8 cm³/mol. The number of likely N-dealkylation sites (N-methyl/N-ethyl adjacent to an activating group) is 1. The van der Waals surface area contributed by atoms with Gasteiger partial charge in [-0.3, -0.25) is 0 Å². The Labute approximate surface area is 125 Å². The van der Waals surface area contributed by atoms with Crippen molar-refractivity contribution < 1.29 is 0 Å². The van der Waals surface area contributed by atoms with Gasteiger partial charge in [0.05, 0.1) is 0 Å². The van der Waals surface area contributed by atoms with Crippen LogP contribution in [0.4, 0.5) is 0 Å². The molecule has 2 rings (SSSR count). The van der Waals surface area contributed by atoms with Gasteiger partial charge >= 0.3 is 0 Å². The lowest BCUT2D eigenvalue weighted by Gasteiger charge is -2.42. The smallest absolute Gasteiger partial charge is 0.0109 e. The molecule has 1 aliphatic heterocycles. The van der Waals surface area contributed by atoms with Crippen LogP contribution < -0.4 is 5.73 Å². The summed E-state index contributed by atoms with van der Waals surface area (Å²) in [5.41, 5.74) is 6.87. The molecule has 3 nitrogen and oxygen atoms in total. The summed E-state index contributed by atoms with van der Waals surface area (Å²) < 4.78 is 0. The number of nitrogens with two attached hydrogens (primary N) is 1. The summed E-state index contributed by atoms with van der Waals surface area (Å²) in [5, 5.41) is 0. The van der Waals surface area contributed by atoms with E-state index in [1.807, 2.05) is 0 Å². The average molecular weight is 281 g/mol. The molecule has 3 heteroatoms. The van der Waals surface area contributed by atoms with E-state index in [4.69, 9.17) is 5.73 Å². The fraction of sp³-hybridized carbons (Fsp3) is 1.00. The van der Waals surface area contributed by atoms with Crippen LogP contribution in [-0.4, -0.2) is 55.6 Å². The van der Waals surface area contributed by atoms with Crippen LogP contribution >= 0.6 is 0 Å². The Morgan fingerprint density at radius 3 is 2.50 bits per heavy atom. The largest absolute Gasteiger partial charge is 0.327 e. The first-order valence-electron chi connectivity index (χ1n) is 8.52. The van der Waals surface area contributed by atoms with Crippen LogP contribution in [0.15, 0.2) is 0 Å². The van der Waals surface area contributed by atoms with E-state index in [1.54, 1.807) is 0 Å². The first-order valence-corrected chi connectivity index (χ1v) is 8.52. The minimum atomic E-state index is 0.426. The molecule has 0 aromatic rings. The van der Waals surface area contributed by atoms with Gasteiger partial charge in [-0.1, -0.05) is 20.8 Å². The third kappa shape index (κ3) is 4.44. The molecule has 0 amide bonds. The minimum absolute atomic E-state index is 0.426. The van der Waals surface area contributed by atoms with Gasteiger partial charge in [0.2, 0.25) is 0 Å². The minimum Gasteiger partial charge on any atom is -0.327 e. The zero-order valence-electron chi connectivity index (χ0n) is 14.1. The molecule has 0 aromatic carbocycles. The maximum atomic E-state index is 6.43. The molecule has 0 aromatic heterocycles. The van der Waals surface area contributed by atoms with Crippen molar-refractivity contribution in [2.45, 2.75) is 52.5 Å². The van der Waals surface area contributed by atoms with Gasteiger partial charge in [0, 0.05) is 25.7 Å². The Morgan fingerprint density at radius 2 is 1.80 bits per heavy atom. The summed E-state index contributed by atoms with van der Waals surface area (Å²) in [7, 11) is 2.24. The Bertz CT molecular complexity index is 297. The van der Waals surface area contributed by atoms with Crippen molar-refractivity contribution in [3.63, 3.8) is 0 Å². The maximum Gasteiger partial charge on any atom is 0.0109 e. The van der Waals surface area contributed by atoms with Crippen molar-refractivity contribution >= 4 is 0 Å². The van der Waals surface area contributed by atoms with Gasteiger partial charge in [0.25, 0.3) is 0 Å². The van der Waals surface area contributed by atoms with Crippen molar-refractivity contribution in [2.75, 3.05) is 39.8 Å². The molecule has 2 N–H and O–H groups in total. The maximum absolute atomic E-state index is 6.43. The highest BCUT2D eigenvalue weighted by Crippen LogP contribution is 2.40. The fourth-order valence-corrected chi connectivity index (χ4v) is 3.90. The van der Waals surface area contributed by atoms with Gasteiger partial charge < -0.3 is 15.5 Å². The average Bonchev–Trinajstić information content (AvgIpc) is 2.56. The highest BCUT2D eigenvalue weighted by molar-refractivity contribution is 4.89. The van der Waals surface area contributed by atoms with Crippen molar-refractivity contribution in [2.24, 2.45) is 23.0 Å². The zero-order chi connectivity index (χ0) is 14.8. The van der Waals surface area contributed by atoms with E-state index in [2.05, 4.69) is 37.6 Å². The SMILES string of the molecule is CN1CCCN(CC2CC(C(C)(C)C)CCC2N)CC1. The predicted octanol–water partition coefficient (Wildman–Crippen LogP) is 2.41. The third-order valence-electron chi connectivity index (χ3n) is 5.57. The van der Waals surface area contributed by atoms with E-state index in [0.717, 1.165) is 5.92 Å². The second-order valence-corrected chi connectivity index (χ2v) is 8.26. The standard InChI is InChI=1S/C17H35N3/c1-17(2,3)15-6-7-16(18)14(12-15)13-20-9-5-8-19(4)10-11-20/h14-16H,5-13,18H2,1-4H3. The van der Waals surface area contributed by atoms with E-state index >= 15 is 0 Å². The van der Waals surface area contributed by atoms with Crippen LogP contribution in [0, 0.1) is 17.3 Å². The lowest BCUT2D eigenvalue weighted by Crippen LogP contribution is -2.45. The molecule has 1 aliphatic carbocycles. The Balaban J connectivity index is 1.89. The molecule has 1 saturated heterocycles. The summed E-state index contributed by atoms with van der Waals surface area (Å²) in [5.74, 6) is 1.55. The molecule has 0 bridgehead atoms. The Morgan fingerprint density at radius 1 is 1.05 bits per heavy atom. The Kier molecular flexibility index (Phi) is 5.49. The highest BCUT2D eigenvalue weighted by Gasteiger charge is 2.35. The molecule has 1 heterocycles. The zero-order valence-corrected chi connectivity index (χ0v) is 14.1. The van der Waals surface area contributed by atoms with Crippen molar-refractivity contribution in [1.29, 1.82) is 0 Å². The topological polar surface area (TPSA) is 32.5 Å². The fourth-order valence-electron chi connectivity index (χ4n) is 3.90. The van der Waals surface area contributed by atoms with Crippen molar-refractivity contribution in [3.05, 3.63) is 0 Å². The van der Waals surface area contributed by atoms with Gasteiger partial charge in [-0.2, -0.15) is 0 Å². The van der Waals surface area contributed by atoms with Crippen LogP contribution in [0.1, 0.15) is 46.5 Å². The monoisotopic (exact) mass is 281 g/mol. The Hall–Kier alpha value is -0.120. The summed E-state index contributed by atoms with van der Waals surface area (Å²) in [6.07, 6.45) is 5.18. The van der Waals surface area contributed by atoms with E-state index in [9.17, 15) is 0 Å². The molecule has 3 atom stereocenters. The summed E-state index contributed by atoms with van der Waals surface area (Å²) >= 11 is 0. The van der Waals surface area contributed by atoms with Gasteiger partial charge in [-0.25, -0.2) is 0 Å². The molecular weight excluding hydrogens is 246 g/mol. The second-order valence-electron chi connectivity index (χ2n) is 8.26. The van der Waals surface area contributed by atoms with Crippen LogP contribution in [0.25, 0.3) is 0 Å². The summed E-state index contributed by atoms with van der Waals surface area (Å²) in [6, 6.07) is 0.426. The lowest BCUT2D eigenvalue weighted by atomic mass is 9.67. The van der Waals surface area contributed by atoms with Crippen molar-refractivity contribution in [3.8, 4) is 0 Å². The van der Waals surface area contributed by atoms with E-state index < -0.39 is 0 Å². The molecule has 0 spiro atoms. The molecule has 3 unspecified atom stereocenters. The molecule has 20 heavy (non-hydrogen) atoms. The summed E-state index contributed by atoms with van der Waals surface area (Å²) in [4.78, 5) is 5.12. The molecule has 118 valence electrons. The van der Waals surface area contributed by atoms with Crippen LogP contribution in [0.3, 0.4) is 0 Å². The van der Waals surface area contributed by atoms with E-state index in [-0.39, 0.29) is 0 Å². The summed E-state index contributed by atoms with van der Waals surface area (Å²) in [6.45, 7) is 13.4. The number of rotatable bonds is 2. The highest BCUT2D eigenvalue weighted by atomic mass is 15.2. The molecule has 2 fully saturated rings. The van der Waals surface area contributed by atoms with Crippen LogP contribution in [0.2, 0.25) is 0 Å². The normalized spacial score (nSPS) is 35.0. The third-order valence-corrected chi connectivity index (χ3v) is 5.57. The molecular formula is C17H35N3. The first kappa shape index (κ1) is 16.3. The van der Waals surface area contributed by atoms with Gasteiger partial charge in [0.15, 0.2) is 0 Å². The molecule has 2 aliphatic rings. The second kappa shape index (κ2) is 6.76. The van der Waals surface area contributed by atoms with E-state index in [1.165, 1.54) is 58.4 Å². The molecule has 0 radical (unpaired) electrons. The number of hydrogen-bond acceptors (Lipinski definition) is 3. The lowest BCUT2D eigenvalue weighted by molar-refractivity contribution is 0.100. The van der Waals surface area contributed by atoms with Crippen LogP contribution in [-0.2, 0) is 0 Å². The van der Waals surface area contributed by atoms with Crippen molar-refractivity contribution in [1.82, 2.24) is 9.80 Å². The van der Waals surface area contributed by atoms with Gasteiger partial charge in [0.1, 0.15) is 0 Å². The van der Waals surface area contributed by atoms with Gasteiger partial charge in [-0.15, -0.1) is 0 Å².